The van der Waals surface area contributed by atoms with E-state index >= 15 is 0 Å². The molecule has 0 spiro atoms. The fourth-order valence-electron chi connectivity index (χ4n) is 8.14. The van der Waals surface area contributed by atoms with Crippen LogP contribution in [0.15, 0.2) is 174 Å². The minimum Gasteiger partial charge on any atom is -0.310 e. The van der Waals surface area contributed by atoms with Crippen molar-refractivity contribution in [3.63, 3.8) is 0 Å². The second kappa shape index (κ2) is 19.1. The van der Waals surface area contributed by atoms with Gasteiger partial charge in [-0.3, -0.25) is 4.99 Å². The third-order valence-corrected chi connectivity index (χ3v) is 12.0. The third kappa shape index (κ3) is 8.03. The lowest BCUT2D eigenvalue weighted by Crippen LogP contribution is -1.95. The van der Waals surface area contributed by atoms with Gasteiger partial charge in [0.15, 0.2) is 0 Å². The van der Waals surface area contributed by atoms with Crippen LogP contribution in [-0.4, -0.2) is 15.9 Å². The van der Waals surface area contributed by atoms with Gasteiger partial charge in [0.1, 0.15) is 0 Å². The lowest BCUT2D eigenvalue weighted by Gasteiger charge is -2.17. The number of aromatic nitrogens is 2. The van der Waals surface area contributed by atoms with Crippen LogP contribution in [0.5, 0.6) is 0 Å². The van der Waals surface area contributed by atoms with E-state index in [9.17, 15) is 0 Å². The summed E-state index contributed by atoms with van der Waals surface area (Å²) in [7, 11) is 0. The summed E-state index contributed by atoms with van der Waals surface area (Å²) in [6.07, 6.45) is 16.5. The molecule has 296 valence electrons. The Morgan fingerprint density at radius 1 is 0.627 bits per heavy atom. The molecular formula is C55H55N3S. The molecule has 0 aliphatic heterocycles. The van der Waals surface area contributed by atoms with Crippen molar-refractivity contribution < 1.29 is 0 Å². The number of fused-ring (bicyclic) bond motifs is 6. The second-order valence-electron chi connectivity index (χ2n) is 14.4. The SMILES string of the molecule is C=Nc1c(-c2ccc3c(c2)c2ccccc2n3C(/C=C\C)=C/CCC)ccc(-c2ccc3c(c2)c2ccccc2n3C(/C=C\CC)=C/C)c1SCc1ccccc1.CC. The van der Waals surface area contributed by atoms with Crippen LogP contribution in [0.3, 0.4) is 0 Å². The first-order chi connectivity index (χ1) is 29.1. The number of hydrogen-bond acceptors (Lipinski definition) is 2. The molecule has 0 saturated heterocycles. The first kappa shape index (κ1) is 41.1. The summed E-state index contributed by atoms with van der Waals surface area (Å²) < 4.78 is 4.80. The minimum atomic E-state index is 0.820. The van der Waals surface area contributed by atoms with Crippen molar-refractivity contribution in [2.75, 3.05) is 0 Å². The van der Waals surface area contributed by atoms with Crippen LogP contribution in [-0.2, 0) is 5.75 Å². The van der Waals surface area contributed by atoms with Crippen molar-refractivity contribution in [1.82, 2.24) is 9.13 Å². The lowest BCUT2D eigenvalue weighted by atomic mass is 9.96. The number of thioether (sulfide) groups is 1. The Labute approximate surface area is 354 Å². The number of hydrogen-bond donors (Lipinski definition) is 0. The van der Waals surface area contributed by atoms with E-state index in [-0.39, 0.29) is 0 Å². The molecule has 0 amide bonds. The standard InChI is InChI=1S/C53H49N3S.C2H6/c1-6-10-22-40(9-4)55-48-26-17-15-24-44(48)47-35-39(29-33-50(47)55)43-31-30-42(52(54-5)53(43)57-36-37-20-13-12-14-21-37)38-28-32-51-46(34-38)45-25-16-18-27-49(45)56(51)41(19-8-3)23-11-7-2;1-2/h8-10,12-35H,5-7,11,36H2,1-4H3;1-2H3/b19-8-,22-10-,40-9+,41-23+;. The van der Waals surface area contributed by atoms with Crippen molar-refractivity contribution in [1.29, 1.82) is 0 Å². The van der Waals surface area contributed by atoms with Crippen LogP contribution >= 0.6 is 11.8 Å². The Kier molecular flexibility index (Phi) is 13.3. The quantitative estimate of drug-likeness (QED) is 0.0648. The van der Waals surface area contributed by atoms with Crippen LogP contribution in [0, 0.1) is 0 Å². The molecule has 0 unspecified atom stereocenters. The van der Waals surface area contributed by atoms with Gasteiger partial charge < -0.3 is 9.13 Å². The van der Waals surface area contributed by atoms with Crippen molar-refractivity contribution in [3.8, 4) is 22.3 Å². The first-order valence-electron chi connectivity index (χ1n) is 21.1. The van der Waals surface area contributed by atoms with E-state index in [1.807, 2.05) is 25.6 Å². The molecule has 2 heterocycles. The van der Waals surface area contributed by atoms with Gasteiger partial charge >= 0.3 is 0 Å². The maximum absolute atomic E-state index is 4.84. The van der Waals surface area contributed by atoms with Crippen molar-refractivity contribution in [2.45, 2.75) is 71.5 Å². The topological polar surface area (TPSA) is 22.2 Å². The molecule has 0 atom stereocenters. The third-order valence-electron chi connectivity index (χ3n) is 10.8. The molecule has 0 bridgehead atoms. The Morgan fingerprint density at radius 3 is 1.76 bits per heavy atom. The zero-order chi connectivity index (χ0) is 41.3. The highest BCUT2D eigenvalue weighted by Crippen LogP contribution is 2.47. The van der Waals surface area contributed by atoms with E-state index < -0.39 is 0 Å². The molecule has 0 N–H and O–H groups in total. The Balaban J connectivity index is 0.00000260. The number of aliphatic imine (C=N–C) groups is 1. The van der Waals surface area contributed by atoms with Crippen LogP contribution in [0.1, 0.15) is 66.4 Å². The van der Waals surface area contributed by atoms with Gasteiger partial charge in [-0.2, -0.15) is 0 Å². The van der Waals surface area contributed by atoms with Crippen LogP contribution in [0.4, 0.5) is 5.69 Å². The molecule has 0 aliphatic rings. The van der Waals surface area contributed by atoms with Crippen molar-refractivity contribution in [3.05, 3.63) is 169 Å². The van der Waals surface area contributed by atoms with E-state index in [0.717, 1.165) is 57.9 Å². The zero-order valence-corrected chi connectivity index (χ0v) is 36.2. The summed E-state index contributed by atoms with van der Waals surface area (Å²) in [5, 5.41) is 4.94. The second-order valence-corrected chi connectivity index (χ2v) is 15.4. The molecular weight excluding hydrogens is 735 g/mol. The van der Waals surface area contributed by atoms with Gasteiger partial charge in [0.25, 0.3) is 0 Å². The van der Waals surface area contributed by atoms with Gasteiger partial charge in [0.2, 0.25) is 0 Å². The zero-order valence-electron chi connectivity index (χ0n) is 35.4. The normalized spacial score (nSPS) is 12.4. The summed E-state index contributed by atoms with van der Waals surface area (Å²) in [5.74, 6) is 0.820. The molecule has 0 aliphatic carbocycles. The fraction of sp³-hybridized carbons (Fsp3) is 0.182. The van der Waals surface area contributed by atoms with Gasteiger partial charge in [-0.25, -0.2) is 0 Å². The molecule has 2 aromatic heterocycles. The molecule has 6 aromatic carbocycles. The number of benzene rings is 6. The van der Waals surface area contributed by atoms with Crippen LogP contribution in [0.2, 0.25) is 0 Å². The molecule has 0 radical (unpaired) electrons. The maximum atomic E-state index is 4.84. The number of allylic oxidation sites excluding steroid dienone is 8. The van der Waals surface area contributed by atoms with Crippen molar-refractivity contribution >= 4 is 79.2 Å². The number of rotatable bonds is 13. The van der Waals surface area contributed by atoms with Gasteiger partial charge in [0.05, 0.1) is 27.8 Å². The Bertz CT molecular complexity index is 2880. The molecule has 3 nitrogen and oxygen atoms in total. The number of unbranched alkanes of at least 4 members (excludes halogenated alkanes) is 1. The average molecular weight is 790 g/mol. The molecule has 4 heteroatoms. The number of para-hydroxylation sites is 2. The van der Waals surface area contributed by atoms with Gasteiger partial charge in [-0.15, -0.1) is 11.8 Å². The Morgan fingerprint density at radius 2 is 1.19 bits per heavy atom. The highest BCUT2D eigenvalue weighted by Gasteiger charge is 2.20. The van der Waals surface area contributed by atoms with Crippen LogP contribution in [0.25, 0.3) is 77.3 Å². The molecule has 0 fully saturated rings. The predicted molar refractivity (Wildman–Crippen MR) is 263 cm³/mol. The summed E-state index contributed by atoms with van der Waals surface area (Å²) in [6.45, 7) is 16.8. The van der Waals surface area contributed by atoms with Gasteiger partial charge in [-0.05, 0) is 104 Å². The molecule has 59 heavy (non-hydrogen) atoms. The highest BCUT2D eigenvalue weighted by atomic mass is 32.2. The average Bonchev–Trinajstić information content (AvgIpc) is 3.80. The van der Waals surface area contributed by atoms with Gasteiger partial charge in [-0.1, -0.05) is 149 Å². The van der Waals surface area contributed by atoms with E-state index in [2.05, 4.69) is 207 Å². The summed E-state index contributed by atoms with van der Waals surface area (Å²) >= 11 is 1.84. The summed E-state index contributed by atoms with van der Waals surface area (Å²) in [5.41, 5.74) is 13.9. The predicted octanol–water partition coefficient (Wildman–Crippen LogP) is 16.9. The Hall–Kier alpha value is -6.10. The highest BCUT2D eigenvalue weighted by molar-refractivity contribution is 7.98. The van der Waals surface area contributed by atoms with E-state index in [0.29, 0.717) is 0 Å². The first-order valence-corrected chi connectivity index (χ1v) is 22.1. The fourth-order valence-corrected chi connectivity index (χ4v) is 9.29. The maximum Gasteiger partial charge on any atom is 0.0842 e. The largest absolute Gasteiger partial charge is 0.310 e. The van der Waals surface area contributed by atoms with E-state index in [4.69, 9.17) is 4.99 Å². The van der Waals surface area contributed by atoms with E-state index in [1.54, 1.807) is 0 Å². The minimum absolute atomic E-state index is 0.820. The van der Waals surface area contributed by atoms with Crippen LogP contribution < -0.4 is 0 Å². The molecule has 8 aromatic rings. The monoisotopic (exact) mass is 789 g/mol. The lowest BCUT2D eigenvalue weighted by molar-refractivity contribution is 0.954. The molecule has 0 saturated carbocycles. The van der Waals surface area contributed by atoms with Gasteiger partial charge in [0, 0.05) is 49.2 Å². The molecule has 8 rings (SSSR count). The van der Waals surface area contributed by atoms with E-state index in [1.165, 1.54) is 60.6 Å². The van der Waals surface area contributed by atoms with Crippen molar-refractivity contribution in [2.24, 2.45) is 4.99 Å². The summed E-state index contributed by atoms with van der Waals surface area (Å²) in [6, 6.07) is 46.6. The number of nitrogens with zero attached hydrogens (tertiary/aromatic N) is 3. The summed E-state index contributed by atoms with van der Waals surface area (Å²) in [4.78, 5) is 5.98. The smallest absolute Gasteiger partial charge is 0.0842 e.